The number of nitrogens with two attached hydrogens (primary N) is 1. The van der Waals surface area contributed by atoms with Gasteiger partial charge in [-0.15, -0.1) is 0 Å². The Kier molecular flexibility index (Phi) is 4.59. The maximum atomic E-state index is 12.7. The van der Waals surface area contributed by atoms with Gasteiger partial charge in [-0.1, -0.05) is 11.6 Å². The van der Waals surface area contributed by atoms with Crippen LogP contribution in [0.4, 0.5) is 5.69 Å². The van der Waals surface area contributed by atoms with E-state index >= 15 is 0 Å². The molecular formula is C13H19ClN2O3S. The molecule has 2 rings (SSSR count). The van der Waals surface area contributed by atoms with E-state index in [1.165, 1.54) is 10.4 Å². The molecule has 0 aromatic heterocycles. The first-order chi connectivity index (χ1) is 9.36. The molecule has 1 fully saturated rings. The zero-order valence-electron chi connectivity index (χ0n) is 11.6. The summed E-state index contributed by atoms with van der Waals surface area (Å²) in [6.07, 6.45) is 0.815. The fraction of sp³-hybridized carbons (Fsp3) is 0.538. The Hall–Kier alpha value is -0.820. The summed E-state index contributed by atoms with van der Waals surface area (Å²) in [4.78, 5) is 0.234. The summed E-state index contributed by atoms with van der Waals surface area (Å²) in [6.45, 7) is 3.30. The molecule has 1 heterocycles. The predicted octanol–water partition coefficient (Wildman–Crippen LogP) is 1.89. The SMILES string of the molecule is COCC1CCN(S(=O)(=O)c2cc(N)c(Cl)cc2C)C1. The van der Waals surface area contributed by atoms with Crippen molar-refractivity contribution in [2.45, 2.75) is 18.2 Å². The Balaban J connectivity index is 2.30. The number of aryl methyl sites for hydroxylation is 1. The van der Waals surface area contributed by atoms with Gasteiger partial charge >= 0.3 is 0 Å². The minimum absolute atomic E-state index is 0.234. The lowest BCUT2D eigenvalue weighted by molar-refractivity contribution is 0.157. The van der Waals surface area contributed by atoms with Crippen LogP contribution < -0.4 is 5.73 Å². The molecule has 7 heteroatoms. The number of ether oxygens (including phenoxy) is 1. The highest BCUT2D eigenvalue weighted by Crippen LogP contribution is 2.30. The molecule has 1 saturated heterocycles. The first kappa shape index (κ1) is 15.6. The van der Waals surface area contributed by atoms with Gasteiger partial charge < -0.3 is 10.5 Å². The lowest BCUT2D eigenvalue weighted by atomic mass is 10.1. The standard InChI is InChI=1S/C13H19ClN2O3S/c1-9-5-11(14)12(15)6-13(9)20(17,18)16-4-3-10(7-16)8-19-2/h5-6,10H,3-4,7-8,15H2,1-2H3. The van der Waals surface area contributed by atoms with Crippen LogP contribution in [0.2, 0.25) is 5.02 Å². The van der Waals surface area contributed by atoms with Crippen LogP contribution in [0.25, 0.3) is 0 Å². The van der Waals surface area contributed by atoms with E-state index in [1.807, 2.05) is 0 Å². The number of methoxy groups -OCH3 is 1. The summed E-state index contributed by atoms with van der Waals surface area (Å²) in [5.74, 6) is 0.250. The van der Waals surface area contributed by atoms with E-state index in [1.54, 1.807) is 20.1 Å². The van der Waals surface area contributed by atoms with Crippen LogP contribution in [-0.2, 0) is 14.8 Å². The minimum atomic E-state index is -3.52. The highest BCUT2D eigenvalue weighted by atomic mass is 35.5. The van der Waals surface area contributed by atoms with E-state index < -0.39 is 10.0 Å². The summed E-state index contributed by atoms with van der Waals surface area (Å²) in [7, 11) is -1.89. The van der Waals surface area contributed by atoms with Crippen LogP contribution in [0.1, 0.15) is 12.0 Å². The average Bonchev–Trinajstić information content (AvgIpc) is 2.83. The Morgan fingerprint density at radius 1 is 1.50 bits per heavy atom. The number of halogens is 1. The van der Waals surface area contributed by atoms with Gasteiger partial charge in [-0.3, -0.25) is 0 Å². The number of nitrogen functional groups attached to an aromatic ring is 1. The first-order valence-corrected chi connectivity index (χ1v) is 8.22. The Morgan fingerprint density at radius 2 is 2.20 bits per heavy atom. The van der Waals surface area contributed by atoms with Gasteiger partial charge in [0.1, 0.15) is 0 Å². The van der Waals surface area contributed by atoms with Crippen LogP contribution in [0.3, 0.4) is 0 Å². The molecule has 1 aliphatic heterocycles. The van der Waals surface area contributed by atoms with Crippen molar-refractivity contribution in [2.75, 3.05) is 32.5 Å². The van der Waals surface area contributed by atoms with Gasteiger partial charge in [0.15, 0.2) is 0 Å². The summed E-state index contributed by atoms with van der Waals surface area (Å²) in [5, 5.41) is 0.375. The molecular weight excluding hydrogens is 300 g/mol. The molecule has 5 nitrogen and oxygen atoms in total. The largest absolute Gasteiger partial charge is 0.397 e. The topological polar surface area (TPSA) is 72.6 Å². The fourth-order valence-electron chi connectivity index (χ4n) is 2.47. The van der Waals surface area contributed by atoms with E-state index in [4.69, 9.17) is 22.1 Å². The quantitative estimate of drug-likeness (QED) is 0.860. The molecule has 0 aliphatic carbocycles. The second kappa shape index (κ2) is 5.89. The van der Waals surface area contributed by atoms with Crippen molar-refractivity contribution in [3.05, 3.63) is 22.7 Å². The number of hydrogen-bond donors (Lipinski definition) is 1. The normalized spacial score (nSPS) is 20.4. The monoisotopic (exact) mass is 318 g/mol. The maximum Gasteiger partial charge on any atom is 0.243 e. The smallest absolute Gasteiger partial charge is 0.243 e. The molecule has 1 aromatic carbocycles. The van der Waals surface area contributed by atoms with Gasteiger partial charge in [0.2, 0.25) is 10.0 Å². The lowest BCUT2D eigenvalue weighted by Gasteiger charge is -2.18. The van der Waals surface area contributed by atoms with Crippen LogP contribution >= 0.6 is 11.6 Å². The molecule has 0 bridgehead atoms. The van der Waals surface area contributed by atoms with Crippen molar-refractivity contribution in [1.82, 2.24) is 4.31 Å². The van der Waals surface area contributed by atoms with Gasteiger partial charge in [-0.2, -0.15) is 4.31 Å². The Bertz CT molecular complexity index is 604. The number of benzene rings is 1. The molecule has 20 heavy (non-hydrogen) atoms. The van der Waals surface area contributed by atoms with E-state index in [0.717, 1.165) is 6.42 Å². The summed E-state index contributed by atoms with van der Waals surface area (Å²) in [5.41, 5.74) is 6.62. The van der Waals surface area contributed by atoms with Gasteiger partial charge in [0, 0.05) is 20.2 Å². The summed E-state index contributed by atoms with van der Waals surface area (Å²) >= 11 is 5.91. The second-order valence-corrected chi connectivity index (χ2v) is 7.43. The second-order valence-electron chi connectivity index (χ2n) is 5.11. The highest BCUT2D eigenvalue weighted by Gasteiger charge is 2.33. The highest BCUT2D eigenvalue weighted by molar-refractivity contribution is 7.89. The van der Waals surface area contributed by atoms with Gasteiger partial charge in [-0.25, -0.2) is 8.42 Å². The average molecular weight is 319 g/mol. The molecule has 1 atom stereocenters. The van der Waals surface area contributed by atoms with E-state index in [9.17, 15) is 8.42 Å². The summed E-state index contributed by atoms with van der Waals surface area (Å²) < 4.78 is 31.9. The minimum Gasteiger partial charge on any atom is -0.397 e. The number of nitrogens with zero attached hydrogens (tertiary/aromatic N) is 1. The molecule has 112 valence electrons. The molecule has 2 N–H and O–H groups in total. The molecule has 0 spiro atoms. The van der Waals surface area contributed by atoms with E-state index in [2.05, 4.69) is 0 Å². The number of anilines is 1. The van der Waals surface area contributed by atoms with Crippen LogP contribution in [-0.4, -0.2) is 39.5 Å². The molecule has 0 saturated carbocycles. The third-order valence-electron chi connectivity index (χ3n) is 3.56. The van der Waals surface area contributed by atoms with E-state index in [0.29, 0.717) is 30.3 Å². The zero-order chi connectivity index (χ0) is 14.9. The fourth-order valence-corrected chi connectivity index (χ4v) is 4.46. The van der Waals surface area contributed by atoms with E-state index in [-0.39, 0.29) is 16.5 Å². The van der Waals surface area contributed by atoms with Crippen molar-refractivity contribution in [3.63, 3.8) is 0 Å². The van der Waals surface area contributed by atoms with Gasteiger partial charge in [0.05, 0.1) is 22.2 Å². The van der Waals surface area contributed by atoms with Gasteiger partial charge in [-0.05, 0) is 37.0 Å². The van der Waals surface area contributed by atoms with Crippen molar-refractivity contribution in [2.24, 2.45) is 5.92 Å². The van der Waals surface area contributed by atoms with Crippen LogP contribution in [0.15, 0.2) is 17.0 Å². The summed E-state index contributed by atoms with van der Waals surface area (Å²) in [6, 6.07) is 3.03. The van der Waals surface area contributed by atoms with Crippen LogP contribution in [0, 0.1) is 12.8 Å². The van der Waals surface area contributed by atoms with Crippen molar-refractivity contribution < 1.29 is 13.2 Å². The Labute approximate surface area is 124 Å². The van der Waals surface area contributed by atoms with Crippen molar-refractivity contribution in [3.8, 4) is 0 Å². The zero-order valence-corrected chi connectivity index (χ0v) is 13.2. The third kappa shape index (κ3) is 2.93. The molecule has 1 aliphatic rings. The molecule has 0 amide bonds. The van der Waals surface area contributed by atoms with Crippen LogP contribution in [0.5, 0.6) is 0 Å². The molecule has 1 unspecified atom stereocenters. The van der Waals surface area contributed by atoms with Crippen molar-refractivity contribution in [1.29, 1.82) is 0 Å². The molecule has 1 aromatic rings. The lowest BCUT2D eigenvalue weighted by Crippen LogP contribution is -2.30. The van der Waals surface area contributed by atoms with Gasteiger partial charge in [0.25, 0.3) is 0 Å². The predicted molar refractivity (Wildman–Crippen MR) is 79.3 cm³/mol. The number of rotatable bonds is 4. The number of sulfonamides is 1. The maximum absolute atomic E-state index is 12.7. The molecule has 0 radical (unpaired) electrons. The number of hydrogen-bond acceptors (Lipinski definition) is 4. The third-order valence-corrected chi connectivity index (χ3v) is 5.90. The van der Waals surface area contributed by atoms with Crippen molar-refractivity contribution >= 4 is 27.3 Å². The Morgan fingerprint density at radius 3 is 2.85 bits per heavy atom. The first-order valence-electron chi connectivity index (χ1n) is 6.41.